The standard InChI is InChI=1S/C10H13ClN2O3/c1-2-9(13-5-7(14)6-13)12-8(11)3-4-10(15)16/h2-3,7,14H,1,4-6H2,(H,15,16)/b8-3-,12-9?. The van der Waals surface area contributed by atoms with Crippen LogP contribution in [0, 0.1) is 0 Å². The number of likely N-dealkylation sites (tertiary alicyclic amines) is 1. The third kappa shape index (κ3) is 3.67. The van der Waals surface area contributed by atoms with Crippen molar-refractivity contribution in [1.29, 1.82) is 0 Å². The lowest BCUT2D eigenvalue weighted by atomic mass is 10.1. The van der Waals surface area contributed by atoms with Crippen LogP contribution in [-0.2, 0) is 4.79 Å². The summed E-state index contributed by atoms with van der Waals surface area (Å²) in [4.78, 5) is 16.1. The summed E-state index contributed by atoms with van der Waals surface area (Å²) in [5, 5.41) is 17.7. The molecule has 2 N–H and O–H groups in total. The Bertz CT molecular complexity index is 346. The van der Waals surface area contributed by atoms with E-state index in [1.807, 2.05) is 0 Å². The molecule has 0 amide bonds. The molecule has 0 aliphatic carbocycles. The van der Waals surface area contributed by atoms with E-state index < -0.39 is 5.97 Å². The van der Waals surface area contributed by atoms with E-state index in [0.717, 1.165) is 0 Å². The Hall–Kier alpha value is -1.33. The van der Waals surface area contributed by atoms with Crippen LogP contribution in [0.2, 0.25) is 0 Å². The van der Waals surface area contributed by atoms with Gasteiger partial charge in [0, 0.05) is 13.1 Å². The van der Waals surface area contributed by atoms with Crippen LogP contribution in [0.3, 0.4) is 0 Å². The summed E-state index contributed by atoms with van der Waals surface area (Å²) < 4.78 is 0. The average molecular weight is 245 g/mol. The van der Waals surface area contributed by atoms with Gasteiger partial charge in [0.2, 0.25) is 0 Å². The molecular weight excluding hydrogens is 232 g/mol. The molecule has 0 aromatic heterocycles. The molecule has 1 rings (SSSR count). The number of nitrogens with zero attached hydrogens (tertiary/aromatic N) is 2. The van der Waals surface area contributed by atoms with Gasteiger partial charge in [-0.25, -0.2) is 4.99 Å². The maximum Gasteiger partial charge on any atom is 0.307 e. The van der Waals surface area contributed by atoms with E-state index in [4.69, 9.17) is 21.8 Å². The van der Waals surface area contributed by atoms with Gasteiger partial charge in [0.1, 0.15) is 11.0 Å². The SMILES string of the molecule is C=CC(=N/C(Cl)=C\CC(=O)O)N1CC(O)C1. The zero-order valence-electron chi connectivity index (χ0n) is 8.64. The Balaban J connectivity index is 2.61. The maximum atomic E-state index is 10.3. The molecule has 1 saturated heterocycles. The van der Waals surface area contributed by atoms with Gasteiger partial charge >= 0.3 is 5.97 Å². The van der Waals surface area contributed by atoms with Gasteiger partial charge in [-0.2, -0.15) is 0 Å². The molecule has 0 aromatic rings. The molecule has 0 aromatic carbocycles. The highest BCUT2D eigenvalue weighted by Gasteiger charge is 2.25. The number of halogens is 1. The fraction of sp³-hybridized carbons (Fsp3) is 0.400. The molecule has 0 unspecified atom stereocenters. The van der Waals surface area contributed by atoms with Crippen molar-refractivity contribution in [2.45, 2.75) is 12.5 Å². The van der Waals surface area contributed by atoms with E-state index in [1.54, 1.807) is 4.90 Å². The van der Waals surface area contributed by atoms with Crippen LogP contribution in [0.5, 0.6) is 0 Å². The first-order chi connectivity index (χ1) is 7.52. The molecular formula is C10H13ClN2O3. The van der Waals surface area contributed by atoms with Crippen molar-refractivity contribution in [3.05, 3.63) is 23.9 Å². The van der Waals surface area contributed by atoms with E-state index >= 15 is 0 Å². The van der Waals surface area contributed by atoms with Crippen molar-refractivity contribution >= 4 is 23.4 Å². The molecule has 16 heavy (non-hydrogen) atoms. The average Bonchev–Trinajstić information content (AvgIpc) is 2.19. The monoisotopic (exact) mass is 244 g/mol. The van der Waals surface area contributed by atoms with E-state index in [-0.39, 0.29) is 17.7 Å². The molecule has 0 bridgehead atoms. The number of aliphatic hydroxyl groups is 1. The summed E-state index contributed by atoms with van der Waals surface area (Å²) in [6.45, 7) is 4.57. The summed E-state index contributed by atoms with van der Waals surface area (Å²) >= 11 is 5.73. The fourth-order valence-corrected chi connectivity index (χ4v) is 1.38. The molecule has 0 saturated carbocycles. The number of aliphatic imine (C=N–C) groups is 1. The Morgan fingerprint density at radius 3 is 2.69 bits per heavy atom. The highest BCUT2D eigenvalue weighted by atomic mass is 35.5. The number of carbonyl (C=O) groups is 1. The van der Waals surface area contributed by atoms with Gasteiger partial charge in [-0.15, -0.1) is 0 Å². The number of amidine groups is 1. The van der Waals surface area contributed by atoms with Crippen molar-refractivity contribution in [2.24, 2.45) is 4.99 Å². The molecule has 1 fully saturated rings. The van der Waals surface area contributed by atoms with Gasteiger partial charge in [0.05, 0.1) is 12.5 Å². The number of carboxylic acid groups (broad SMARTS) is 1. The smallest absolute Gasteiger partial charge is 0.307 e. The minimum absolute atomic E-state index is 0.110. The van der Waals surface area contributed by atoms with Crippen molar-refractivity contribution in [3.8, 4) is 0 Å². The predicted molar refractivity (Wildman–Crippen MR) is 61.4 cm³/mol. The van der Waals surface area contributed by atoms with Crippen LogP contribution in [0.15, 0.2) is 28.9 Å². The number of aliphatic carboxylic acids is 1. The van der Waals surface area contributed by atoms with Gasteiger partial charge in [-0.1, -0.05) is 18.2 Å². The first kappa shape index (κ1) is 12.7. The van der Waals surface area contributed by atoms with Crippen LogP contribution < -0.4 is 0 Å². The molecule has 6 heteroatoms. The number of hydrogen-bond donors (Lipinski definition) is 2. The minimum Gasteiger partial charge on any atom is -0.481 e. The van der Waals surface area contributed by atoms with Crippen LogP contribution in [-0.4, -0.2) is 46.1 Å². The lowest BCUT2D eigenvalue weighted by Crippen LogP contribution is -2.53. The second-order valence-electron chi connectivity index (χ2n) is 3.36. The second-order valence-corrected chi connectivity index (χ2v) is 3.74. The fourth-order valence-electron chi connectivity index (χ4n) is 1.21. The van der Waals surface area contributed by atoms with Crippen LogP contribution in [0.25, 0.3) is 0 Å². The molecule has 0 radical (unpaired) electrons. The van der Waals surface area contributed by atoms with E-state index in [1.165, 1.54) is 12.2 Å². The van der Waals surface area contributed by atoms with Gasteiger partial charge in [-0.05, 0) is 12.2 Å². The molecule has 0 spiro atoms. The maximum absolute atomic E-state index is 10.3. The largest absolute Gasteiger partial charge is 0.481 e. The number of aliphatic hydroxyl groups excluding tert-OH is 1. The predicted octanol–water partition coefficient (Wildman–Crippen LogP) is 0.802. The number of hydrogen-bond acceptors (Lipinski definition) is 3. The summed E-state index contributed by atoms with van der Waals surface area (Å²) in [6.07, 6.45) is 2.31. The summed E-state index contributed by atoms with van der Waals surface area (Å²) in [7, 11) is 0. The Morgan fingerprint density at radius 2 is 2.25 bits per heavy atom. The zero-order chi connectivity index (χ0) is 12.1. The normalized spacial score (nSPS) is 18.2. The minimum atomic E-state index is -0.965. The van der Waals surface area contributed by atoms with Gasteiger partial charge in [0.15, 0.2) is 0 Å². The first-order valence-corrected chi connectivity index (χ1v) is 5.12. The number of β-amino-alcohol motifs (C(OH)–C–C–N with tert-alkyl or cyclic N) is 1. The first-order valence-electron chi connectivity index (χ1n) is 4.74. The van der Waals surface area contributed by atoms with Gasteiger partial charge < -0.3 is 15.1 Å². The third-order valence-corrected chi connectivity index (χ3v) is 2.27. The molecule has 88 valence electrons. The third-order valence-electron chi connectivity index (χ3n) is 2.04. The van der Waals surface area contributed by atoms with Crippen LogP contribution in [0.1, 0.15) is 6.42 Å². The molecule has 5 nitrogen and oxygen atoms in total. The second kappa shape index (κ2) is 5.67. The highest BCUT2D eigenvalue weighted by Crippen LogP contribution is 2.13. The molecule has 1 aliphatic heterocycles. The Kier molecular flexibility index (Phi) is 4.52. The molecule has 0 atom stereocenters. The van der Waals surface area contributed by atoms with E-state index in [0.29, 0.717) is 18.9 Å². The lowest BCUT2D eigenvalue weighted by molar-refractivity contribution is -0.136. The molecule has 1 aliphatic rings. The quantitative estimate of drug-likeness (QED) is 0.436. The van der Waals surface area contributed by atoms with Crippen molar-refractivity contribution in [1.82, 2.24) is 4.90 Å². The Labute approximate surface area is 98.3 Å². The number of rotatable bonds is 4. The van der Waals surface area contributed by atoms with Crippen molar-refractivity contribution in [2.75, 3.05) is 13.1 Å². The molecule has 1 heterocycles. The van der Waals surface area contributed by atoms with Crippen molar-refractivity contribution in [3.63, 3.8) is 0 Å². The Morgan fingerprint density at radius 1 is 1.62 bits per heavy atom. The summed E-state index contributed by atoms with van der Waals surface area (Å²) in [5.41, 5.74) is 0. The van der Waals surface area contributed by atoms with E-state index in [9.17, 15) is 4.79 Å². The highest BCUT2D eigenvalue weighted by molar-refractivity contribution is 6.30. The van der Waals surface area contributed by atoms with Crippen LogP contribution in [0.4, 0.5) is 0 Å². The number of carboxylic acids is 1. The van der Waals surface area contributed by atoms with E-state index in [2.05, 4.69) is 11.6 Å². The van der Waals surface area contributed by atoms with Crippen molar-refractivity contribution < 1.29 is 15.0 Å². The summed E-state index contributed by atoms with van der Waals surface area (Å²) in [5.74, 6) is -0.426. The zero-order valence-corrected chi connectivity index (χ0v) is 9.39. The summed E-state index contributed by atoms with van der Waals surface area (Å²) in [6, 6.07) is 0. The topological polar surface area (TPSA) is 73.1 Å². The van der Waals surface area contributed by atoms with Gasteiger partial charge in [-0.3, -0.25) is 4.79 Å². The lowest BCUT2D eigenvalue weighted by Gasteiger charge is -2.37. The van der Waals surface area contributed by atoms with Gasteiger partial charge in [0.25, 0.3) is 0 Å². The van der Waals surface area contributed by atoms with Crippen LogP contribution >= 0.6 is 11.6 Å².